The summed E-state index contributed by atoms with van der Waals surface area (Å²) in [6.45, 7) is 2.60. The number of rotatable bonds is 1. The van der Waals surface area contributed by atoms with Gasteiger partial charge in [0.05, 0.1) is 0 Å². The van der Waals surface area contributed by atoms with Crippen molar-refractivity contribution in [2.45, 2.75) is 13.5 Å². The summed E-state index contributed by atoms with van der Waals surface area (Å²) >= 11 is 0. The molecule has 0 bridgehead atoms. The summed E-state index contributed by atoms with van der Waals surface area (Å²) in [5.74, 6) is 0. The molecule has 0 spiro atoms. The fourth-order valence-electron chi connectivity index (χ4n) is 0.948. The number of hydrogen-bond acceptors (Lipinski definition) is 2. The van der Waals surface area contributed by atoms with E-state index in [0.29, 0.717) is 6.54 Å². The first-order valence-corrected chi connectivity index (χ1v) is 3.29. The number of benzene rings is 1. The highest BCUT2D eigenvalue weighted by Gasteiger charge is 1.93. The maximum absolute atomic E-state index is 5.54. The normalized spacial score (nSPS) is 9.80. The molecule has 10 heavy (non-hydrogen) atoms. The zero-order valence-electron chi connectivity index (χ0n) is 6.09. The second-order valence-corrected chi connectivity index (χ2v) is 2.39. The van der Waals surface area contributed by atoms with Crippen molar-refractivity contribution in [3.05, 3.63) is 29.3 Å². The fourth-order valence-corrected chi connectivity index (χ4v) is 0.948. The van der Waals surface area contributed by atoms with Crippen LogP contribution in [0.25, 0.3) is 0 Å². The molecule has 1 aromatic rings. The number of nitrogen functional groups attached to an aromatic ring is 1. The Hall–Kier alpha value is -1.02. The molecule has 0 aliphatic rings. The maximum atomic E-state index is 5.54. The molecule has 0 amide bonds. The minimum Gasteiger partial charge on any atom is -0.399 e. The molecule has 0 saturated carbocycles. The number of hydrogen-bond donors (Lipinski definition) is 2. The van der Waals surface area contributed by atoms with Crippen molar-refractivity contribution in [1.29, 1.82) is 0 Å². The first-order valence-electron chi connectivity index (χ1n) is 3.29. The maximum Gasteiger partial charge on any atom is 0.0316 e. The first kappa shape index (κ1) is 7.09. The lowest BCUT2D eigenvalue weighted by molar-refractivity contribution is 1.05. The average Bonchev–Trinajstić information content (AvgIpc) is 1.88. The minimum atomic E-state index is 0.589. The number of anilines is 1. The van der Waals surface area contributed by atoms with Gasteiger partial charge in [0.25, 0.3) is 0 Å². The fraction of sp³-hybridized carbons (Fsp3) is 0.250. The van der Waals surface area contributed by atoms with E-state index in [1.54, 1.807) is 0 Å². The molecule has 0 atom stereocenters. The highest BCUT2D eigenvalue weighted by molar-refractivity contribution is 5.44. The van der Waals surface area contributed by atoms with Gasteiger partial charge in [0, 0.05) is 12.2 Å². The topological polar surface area (TPSA) is 52.0 Å². The molecule has 0 radical (unpaired) electrons. The molecule has 1 rings (SSSR count). The van der Waals surface area contributed by atoms with Crippen molar-refractivity contribution in [3.63, 3.8) is 0 Å². The Morgan fingerprint density at radius 2 is 2.10 bits per heavy atom. The van der Waals surface area contributed by atoms with E-state index in [-0.39, 0.29) is 0 Å². The smallest absolute Gasteiger partial charge is 0.0316 e. The van der Waals surface area contributed by atoms with Gasteiger partial charge in [-0.1, -0.05) is 6.07 Å². The molecule has 0 aliphatic carbocycles. The summed E-state index contributed by atoms with van der Waals surface area (Å²) in [6.07, 6.45) is 0. The predicted octanol–water partition coefficient (Wildman–Crippen LogP) is 1.04. The Bertz CT molecular complexity index is 231. The Morgan fingerprint density at radius 3 is 2.60 bits per heavy atom. The summed E-state index contributed by atoms with van der Waals surface area (Å²) in [5.41, 5.74) is 14.1. The van der Waals surface area contributed by atoms with E-state index >= 15 is 0 Å². The molecule has 0 saturated heterocycles. The van der Waals surface area contributed by atoms with Crippen molar-refractivity contribution in [3.8, 4) is 0 Å². The zero-order chi connectivity index (χ0) is 7.56. The molecule has 0 unspecified atom stereocenters. The molecule has 0 aliphatic heterocycles. The lowest BCUT2D eigenvalue weighted by atomic mass is 10.1. The molecule has 0 heterocycles. The van der Waals surface area contributed by atoms with Crippen LogP contribution < -0.4 is 11.5 Å². The molecule has 0 aromatic heterocycles. The van der Waals surface area contributed by atoms with Gasteiger partial charge < -0.3 is 11.5 Å². The summed E-state index contributed by atoms with van der Waals surface area (Å²) < 4.78 is 0. The summed E-state index contributed by atoms with van der Waals surface area (Å²) in [5, 5.41) is 0. The van der Waals surface area contributed by atoms with E-state index in [1.807, 2.05) is 25.1 Å². The van der Waals surface area contributed by atoms with Crippen LogP contribution in [0.1, 0.15) is 11.1 Å². The molecular formula is C8H12N2. The van der Waals surface area contributed by atoms with E-state index in [1.165, 1.54) is 5.56 Å². The summed E-state index contributed by atoms with van der Waals surface area (Å²) in [6, 6.07) is 5.77. The van der Waals surface area contributed by atoms with Gasteiger partial charge >= 0.3 is 0 Å². The molecule has 4 N–H and O–H groups in total. The Balaban J connectivity index is 3.07. The predicted molar refractivity (Wildman–Crippen MR) is 43.5 cm³/mol. The van der Waals surface area contributed by atoms with Crippen LogP contribution in [-0.4, -0.2) is 0 Å². The molecule has 0 fully saturated rings. The Kier molecular flexibility index (Phi) is 1.92. The Labute approximate surface area is 60.8 Å². The van der Waals surface area contributed by atoms with E-state index in [4.69, 9.17) is 11.5 Å². The van der Waals surface area contributed by atoms with Crippen molar-refractivity contribution < 1.29 is 0 Å². The number of aryl methyl sites for hydroxylation is 1. The van der Waals surface area contributed by atoms with Gasteiger partial charge in [-0.05, 0) is 30.2 Å². The SMILES string of the molecule is Cc1cc(N)ccc1CN. The quantitative estimate of drug-likeness (QED) is 0.567. The van der Waals surface area contributed by atoms with Gasteiger partial charge in [0.15, 0.2) is 0 Å². The van der Waals surface area contributed by atoms with Crippen LogP contribution >= 0.6 is 0 Å². The zero-order valence-corrected chi connectivity index (χ0v) is 6.09. The molecule has 54 valence electrons. The lowest BCUT2D eigenvalue weighted by Gasteiger charge is -2.02. The van der Waals surface area contributed by atoms with Gasteiger partial charge in [-0.15, -0.1) is 0 Å². The average molecular weight is 136 g/mol. The third-order valence-electron chi connectivity index (χ3n) is 1.59. The molecular weight excluding hydrogens is 124 g/mol. The van der Waals surface area contributed by atoms with Crippen molar-refractivity contribution in [1.82, 2.24) is 0 Å². The van der Waals surface area contributed by atoms with Crippen LogP contribution in [0.4, 0.5) is 5.69 Å². The van der Waals surface area contributed by atoms with Crippen LogP contribution in [-0.2, 0) is 6.54 Å². The van der Waals surface area contributed by atoms with E-state index < -0.39 is 0 Å². The third kappa shape index (κ3) is 1.28. The number of nitrogens with two attached hydrogens (primary N) is 2. The van der Waals surface area contributed by atoms with E-state index in [9.17, 15) is 0 Å². The van der Waals surface area contributed by atoms with E-state index in [0.717, 1.165) is 11.3 Å². The molecule has 2 heteroatoms. The standard InChI is InChI=1S/C8H12N2/c1-6-4-8(10)3-2-7(6)5-9/h2-4H,5,9-10H2,1H3. The largest absolute Gasteiger partial charge is 0.399 e. The highest BCUT2D eigenvalue weighted by Crippen LogP contribution is 2.10. The minimum absolute atomic E-state index is 0.589. The molecule has 1 aromatic carbocycles. The highest BCUT2D eigenvalue weighted by atomic mass is 14.6. The lowest BCUT2D eigenvalue weighted by Crippen LogP contribution is -1.99. The molecule has 2 nitrogen and oxygen atoms in total. The monoisotopic (exact) mass is 136 g/mol. The van der Waals surface area contributed by atoms with Crippen LogP contribution in [0.2, 0.25) is 0 Å². The first-order chi connectivity index (χ1) is 4.74. The van der Waals surface area contributed by atoms with Crippen LogP contribution in [0.3, 0.4) is 0 Å². The van der Waals surface area contributed by atoms with E-state index in [2.05, 4.69) is 0 Å². The van der Waals surface area contributed by atoms with Gasteiger partial charge in [0.2, 0.25) is 0 Å². The van der Waals surface area contributed by atoms with Crippen molar-refractivity contribution in [2.24, 2.45) is 5.73 Å². The third-order valence-corrected chi connectivity index (χ3v) is 1.59. The summed E-state index contributed by atoms with van der Waals surface area (Å²) in [7, 11) is 0. The van der Waals surface area contributed by atoms with Gasteiger partial charge in [-0.25, -0.2) is 0 Å². The van der Waals surface area contributed by atoms with Crippen LogP contribution in [0, 0.1) is 6.92 Å². The van der Waals surface area contributed by atoms with Crippen molar-refractivity contribution in [2.75, 3.05) is 5.73 Å². The van der Waals surface area contributed by atoms with Crippen LogP contribution in [0.15, 0.2) is 18.2 Å². The van der Waals surface area contributed by atoms with Gasteiger partial charge in [-0.3, -0.25) is 0 Å². The van der Waals surface area contributed by atoms with Gasteiger partial charge in [-0.2, -0.15) is 0 Å². The van der Waals surface area contributed by atoms with Crippen LogP contribution in [0.5, 0.6) is 0 Å². The second-order valence-electron chi connectivity index (χ2n) is 2.39. The Morgan fingerprint density at radius 1 is 1.40 bits per heavy atom. The second kappa shape index (κ2) is 2.71. The van der Waals surface area contributed by atoms with Crippen molar-refractivity contribution >= 4 is 5.69 Å². The van der Waals surface area contributed by atoms with Gasteiger partial charge in [0.1, 0.15) is 0 Å². The summed E-state index contributed by atoms with van der Waals surface area (Å²) in [4.78, 5) is 0.